The Balaban J connectivity index is 0. The van der Waals surface area contributed by atoms with Crippen LogP contribution in [0.1, 0.15) is 60.3 Å². The van der Waals surface area contributed by atoms with Crippen LogP contribution in [0.2, 0.25) is 0 Å². The Morgan fingerprint density at radius 2 is 1.75 bits per heavy atom. The van der Waals surface area contributed by atoms with Crippen molar-refractivity contribution in [1.29, 1.82) is 0 Å². The van der Waals surface area contributed by atoms with E-state index in [2.05, 4.69) is 19.2 Å². The second-order valence-corrected chi connectivity index (χ2v) is 8.21. The van der Waals surface area contributed by atoms with Crippen LogP contribution < -0.4 is 5.32 Å². The van der Waals surface area contributed by atoms with Gasteiger partial charge in [-0.1, -0.05) is 33.1 Å². The number of rotatable bonds is 7. The molecule has 0 bridgehead atoms. The van der Waals surface area contributed by atoms with E-state index < -0.39 is 47.7 Å². The van der Waals surface area contributed by atoms with Crippen molar-refractivity contribution >= 4 is 12.1 Å². The minimum atomic E-state index is -1.01. The minimum absolute atomic E-state index is 0. The third-order valence-electron chi connectivity index (χ3n) is 5.19. The maximum absolute atomic E-state index is 12.2. The van der Waals surface area contributed by atoms with E-state index in [-0.39, 0.29) is 94.5 Å². The van der Waals surface area contributed by atoms with Gasteiger partial charge in [0, 0.05) is 94.2 Å². The van der Waals surface area contributed by atoms with Crippen molar-refractivity contribution in [3.05, 3.63) is 5.73 Å². The maximum Gasteiger partial charge on any atom is 0.407 e. The summed E-state index contributed by atoms with van der Waals surface area (Å²) < 4.78 is 10.1. The number of carbonyl (C=O) groups is 2. The average Bonchev–Trinajstić information content (AvgIpc) is 2.85. The van der Waals surface area contributed by atoms with Gasteiger partial charge in [0.05, 0.1) is 19.1 Å². The predicted molar refractivity (Wildman–Crippen MR) is 99.6 cm³/mol. The Hall–Kier alpha value is 1.54. The second-order valence-electron chi connectivity index (χ2n) is 8.21. The largest absolute Gasteiger partial charge is 0.674 e. The van der Waals surface area contributed by atoms with Crippen LogP contribution in [0.15, 0.2) is 0 Å². The molecule has 7 nitrogen and oxygen atoms in total. The number of hydrogen-bond acceptors (Lipinski definition) is 5. The molecule has 1 amide bonds. The summed E-state index contributed by atoms with van der Waals surface area (Å²) in [6, 6.07) is -1.08. The van der Waals surface area contributed by atoms with E-state index in [0.29, 0.717) is 12.3 Å². The molecule has 5 unspecified atom stereocenters. The van der Waals surface area contributed by atoms with Gasteiger partial charge in [-0.05, 0) is 39.0 Å². The Morgan fingerprint density at radius 3 is 2.18 bits per heavy atom. The standard InChI is InChI=1S/C19H35N2O5.2Ac/c1-7-11(8-2)9-13(20)15-14(21-18(24)26-19(3,4)5)10-12(16(15)22)17(23)25-6;;/h11-16,20,22H,7-10H2,1-6H3,(H,21,24);;/q-1;;. The van der Waals surface area contributed by atoms with Crippen molar-refractivity contribution in [2.24, 2.45) is 17.8 Å². The summed E-state index contributed by atoms with van der Waals surface area (Å²) in [4.78, 5) is 24.2. The molecule has 0 aromatic carbocycles. The van der Waals surface area contributed by atoms with Crippen LogP contribution in [0.3, 0.4) is 0 Å². The van der Waals surface area contributed by atoms with Gasteiger partial charge in [-0.3, -0.25) is 4.79 Å². The smallest absolute Gasteiger partial charge is 0.407 e. The number of aliphatic hydroxyl groups excluding tert-OH is 1. The van der Waals surface area contributed by atoms with E-state index in [4.69, 9.17) is 15.2 Å². The van der Waals surface area contributed by atoms with Crippen LogP contribution in [-0.4, -0.2) is 48.1 Å². The van der Waals surface area contributed by atoms with Crippen molar-refractivity contribution < 1.29 is 112 Å². The van der Waals surface area contributed by atoms with Crippen LogP contribution in [0, 0.1) is 106 Å². The zero-order chi connectivity index (χ0) is 20.1. The molecule has 5 atom stereocenters. The number of ether oxygens (including phenoxy) is 2. The van der Waals surface area contributed by atoms with Gasteiger partial charge in [0.2, 0.25) is 0 Å². The molecule has 1 aliphatic carbocycles. The molecule has 1 rings (SSSR count). The van der Waals surface area contributed by atoms with Crippen LogP contribution in [0.25, 0.3) is 5.73 Å². The number of methoxy groups -OCH3 is 1. The monoisotopic (exact) mass is 825 g/mol. The van der Waals surface area contributed by atoms with Crippen molar-refractivity contribution in [1.82, 2.24) is 5.32 Å². The molecule has 2 radical (unpaired) electrons. The summed E-state index contributed by atoms with van der Waals surface area (Å²) in [6.45, 7) is 9.47. The molecule has 3 N–H and O–H groups in total. The summed E-state index contributed by atoms with van der Waals surface area (Å²) in [6.07, 6.45) is 1.17. The molecule has 28 heavy (non-hydrogen) atoms. The maximum atomic E-state index is 12.2. The van der Waals surface area contributed by atoms with Gasteiger partial charge in [0.1, 0.15) is 5.60 Å². The Bertz CT molecular complexity index is 483. The molecule has 0 spiro atoms. The van der Waals surface area contributed by atoms with Crippen LogP contribution in [0.4, 0.5) is 4.79 Å². The molecule has 0 aromatic heterocycles. The number of hydrogen-bond donors (Lipinski definition) is 2. The molecule has 1 aliphatic rings. The molecule has 158 valence electrons. The summed E-state index contributed by atoms with van der Waals surface area (Å²) >= 11 is 0. The first-order chi connectivity index (χ1) is 12.0. The van der Waals surface area contributed by atoms with Gasteiger partial charge in [-0.2, -0.15) is 0 Å². The second kappa shape index (κ2) is 14.6. The molecular weight excluding hydrogens is 790 g/mol. The third kappa shape index (κ3) is 9.78. The zero-order valence-electron chi connectivity index (χ0n) is 18.0. The molecular formula is C19H35Ac2N2O5-. The van der Waals surface area contributed by atoms with Gasteiger partial charge >= 0.3 is 12.1 Å². The Kier molecular flexibility index (Phi) is 16.5. The first-order valence-electron chi connectivity index (χ1n) is 9.50. The summed E-state index contributed by atoms with van der Waals surface area (Å²) in [7, 11) is 1.28. The van der Waals surface area contributed by atoms with Crippen LogP contribution in [0.5, 0.6) is 0 Å². The number of alkyl carbamates (subject to hydrolysis) is 1. The summed E-state index contributed by atoms with van der Waals surface area (Å²) in [5.41, 5.74) is 7.93. The van der Waals surface area contributed by atoms with E-state index in [0.717, 1.165) is 12.8 Å². The first kappa shape index (κ1) is 31.7. The number of amides is 1. The normalized spacial score (nSPS) is 25.3. The quantitative estimate of drug-likeness (QED) is 0.384. The van der Waals surface area contributed by atoms with E-state index >= 15 is 0 Å². The van der Waals surface area contributed by atoms with Crippen molar-refractivity contribution in [3.8, 4) is 0 Å². The molecule has 0 aromatic rings. The first-order valence-corrected chi connectivity index (χ1v) is 9.50. The molecule has 9 heteroatoms. The predicted octanol–water partition coefficient (Wildman–Crippen LogP) is 3.30. The fourth-order valence-corrected chi connectivity index (χ4v) is 3.73. The van der Waals surface area contributed by atoms with E-state index in [9.17, 15) is 14.7 Å². The zero-order valence-corrected chi connectivity index (χ0v) is 27.5. The average molecular weight is 825 g/mol. The summed E-state index contributed by atoms with van der Waals surface area (Å²) in [5.74, 6) is -1.40. The fourth-order valence-electron chi connectivity index (χ4n) is 3.73. The van der Waals surface area contributed by atoms with E-state index in [1.165, 1.54) is 7.11 Å². The van der Waals surface area contributed by atoms with Gasteiger partial charge in [0.25, 0.3) is 0 Å². The minimum Gasteiger partial charge on any atom is -0.674 e. The van der Waals surface area contributed by atoms with Gasteiger partial charge in [0.15, 0.2) is 0 Å². The fraction of sp³-hybridized carbons (Fsp3) is 0.895. The molecule has 1 fully saturated rings. The molecule has 0 heterocycles. The van der Waals surface area contributed by atoms with E-state index in [1.807, 2.05) is 0 Å². The number of aliphatic hydroxyl groups is 1. The Labute approximate surface area is 241 Å². The molecule has 0 saturated heterocycles. The van der Waals surface area contributed by atoms with Crippen molar-refractivity contribution in [2.75, 3.05) is 7.11 Å². The molecule has 0 aliphatic heterocycles. The summed E-state index contributed by atoms with van der Waals surface area (Å²) in [5, 5.41) is 13.4. The van der Waals surface area contributed by atoms with Gasteiger partial charge in [-0.15, -0.1) is 6.04 Å². The number of carbonyl (C=O) groups excluding carboxylic acids is 2. The third-order valence-corrected chi connectivity index (χ3v) is 5.19. The SMILES string of the molecule is CCC(CC)CC([NH-])C1C(NC(=O)OC(C)(C)C)CC(C(=O)OC)C1O.[Ac].[Ac]. The number of nitrogens with one attached hydrogen (secondary N) is 2. The van der Waals surface area contributed by atoms with Crippen LogP contribution >= 0.6 is 0 Å². The Morgan fingerprint density at radius 1 is 1.21 bits per heavy atom. The van der Waals surface area contributed by atoms with Crippen LogP contribution in [-0.2, 0) is 14.3 Å². The van der Waals surface area contributed by atoms with Crippen molar-refractivity contribution in [3.63, 3.8) is 0 Å². The molecule has 1 saturated carbocycles. The van der Waals surface area contributed by atoms with Gasteiger partial charge in [-0.25, -0.2) is 4.79 Å². The van der Waals surface area contributed by atoms with E-state index in [1.54, 1.807) is 20.8 Å². The topological polar surface area (TPSA) is 109 Å². The number of esters is 1. The van der Waals surface area contributed by atoms with Gasteiger partial charge < -0.3 is 25.6 Å². The van der Waals surface area contributed by atoms with Crippen molar-refractivity contribution in [2.45, 2.75) is 84.1 Å².